The monoisotopic (exact) mass is 252 g/mol. The Balaban J connectivity index is 0.000000686. The Kier molecular flexibility index (Phi) is 4.52. The van der Waals surface area contributed by atoms with Crippen molar-refractivity contribution in [3.8, 4) is 5.75 Å². The third-order valence-corrected chi connectivity index (χ3v) is 3.39. The van der Waals surface area contributed by atoms with Gasteiger partial charge < -0.3 is 9.84 Å². The zero-order valence-corrected chi connectivity index (χ0v) is 11.2. The lowest BCUT2D eigenvalue weighted by Crippen LogP contribution is -1.89. The first-order chi connectivity index (χ1) is 8.13. The SMILES string of the molecule is CC.COc1c(C)ccc2cc(C(=O)O)sc12. The number of hydrogen-bond donors (Lipinski definition) is 1. The number of rotatable bonds is 2. The second-order valence-corrected chi connectivity index (χ2v) is 4.30. The molecule has 1 aromatic heterocycles. The van der Waals surface area contributed by atoms with Crippen LogP contribution in [-0.4, -0.2) is 18.2 Å². The van der Waals surface area contributed by atoms with Gasteiger partial charge in [0, 0.05) is 0 Å². The van der Waals surface area contributed by atoms with Crippen LogP contribution >= 0.6 is 11.3 Å². The van der Waals surface area contributed by atoms with Crippen LogP contribution in [0.15, 0.2) is 18.2 Å². The molecule has 0 amide bonds. The number of benzene rings is 1. The van der Waals surface area contributed by atoms with Gasteiger partial charge in [-0.05, 0) is 23.9 Å². The molecule has 0 fully saturated rings. The summed E-state index contributed by atoms with van der Waals surface area (Å²) in [6.07, 6.45) is 0. The molecule has 1 aromatic carbocycles. The Bertz CT molecular complexity index is 529. The van der Waals surface area contributed by atoms with Crippen molar-refractivity contribution in [2.24, 2.45) is 0 Å². The number of carbonyl (C=O) groups is 1. The first kappa shape index (κ1) is 13.5. The third-order valence-electron chi connectivity index (χ3n) is 2.25. The van der Waals surface area contributed by atoms with Crippen molar-refractivity contribution >= 4 is 27.4 Å². The quantitative estimate of drug-likeness (QED) is 0.880. The Hall–Kier alpha value is -1.55. The van der Waals surface area contributed by atoms with Crippen molar-refractivity contribution < 1.29 is 14.6 Å². The van der Waals surface area contributed by atoms with Gasteiger partial charge in [0.1, 0.15) is 10.6 Å². The fourth-order valence-electron chi connectivity index (χ4n) is 1.53. The van der Waals surface area contributed by atoms with Gasteiger partial charge in [-0.25, -0.2) is 4.79 Å². The predicted molar refractivity (Wildman–Crippen MR) is 71.4 cm³/mol. The van der Waals surface area contributed by atoms with Gasteiger partial charge in [-0.2, -0.15) is 0 Å². The lowest BCUT2D eigenvalue weighted by molar-refractivity contribution is 0.0702. The van der Waals surface area contributed by atoms with Gasteiger partial charge in [0.15, 0.2) is 0 Å². The number of hydrogen-bond acceptors (Lipinski definition) is 3. The highest BCUT2D eigenvalue weighted by molar-refractivity contribution is 7.21. The number of aromatic carboxylic acids is 1. The van der Waals surface area contributed by atoms with Crippen LogP contribution in [0.25, 0.3) is 10.1 Å². The number of methoxy groups -OCH3 is 1. The minimum atomic E-state index is -0.893. The normalized spacial score (nSPS) is 9.65. The van der Waals surface area contributed by atoms with Crippen molar-refractivity contribution in [3.05, 3.63) is 28.6 Å². The summed E-state index contributed by atoms with van der Waals surface area (Å²) in [6.45, 7) is 5.94. The van der Waals surface area contributed by atoms with Crippen LogP contribution in [0.3, 0.4) is 0 Å². The van der Waals surface area contributed by atoms with E-state index in [4.69, 9.17) is 9.84 Å². The van der Waals surface area contributed by atoms with Gasteiger partial charge in [-0.3, -0.25) is 0 Å². The molecule has 0 radical (unpaired) electrons. The topological polar surface area (TPSA) is 46.5 Å². The second kappa shape index (κ2) is 5.68. The van der Waals surface area contributed by atoms with Gasteiger partial charge in [0.05, 0.1) is 11.8 Å². The molecule has 2 rings (SSSR count). The first-order valence-corrected chi connectivity index (χ1v) is 6.25. The average molecular weight is 252 g/mol. The summed E-state index contributed by atoms with van der Waals surface area (Å²) >= 11 is 1.25. The smallest absolute Gasteiger partial charge is 0.345 e. The van der Waals surface area contributed by atoms with Crippen LogP contribution in [0.4, 0.5) is 0 Å². The van der Waals surface area contributed by atoms with Crippen molar-refractivity contribution in [2.45, 2.75) is 20.8 Å². The summed E-state index contributed by atoms with van der Waals surface area (Å²) < 4.78 is 6.17. The van der Waals surface area contributed by atoms with Crippen LogP contribution in [0.5, 0.6) is 5.75 Å². The minimum absolute atomic E-state index is 0.342. The average Bonchev–Trinajstić information content (AvgIpc) is 2.75. The molecular formula is C13H16O3S. The maximum absolute atomic E-state index is 10.8. The van der Waals surface area contributed by atoms with Gasteiger partial charge in [0.2, 0.25) is 0 Å². The Morgan fingerprint density at radius 2 is 2.00 bits per heavy atom. The molecule has 0 aliphatic rings. The standard InChI is InChI=1S/C11H10O3S.C2H6/c1-6-3-4-7-5-8(11(12)13)15-10(7)9(6)14-2;1-2/h3-5H,1-2H3,(H,12,13);1-2H3. The molecule has 1 N–H and O–H groups in total. The molecule has 0 bridgehead atoms. The third kappa shape index (κ3) is 2.58. The van der Waals surface area contributed by atoms with E-state index < -0.39 is 5.97 Å². The van der Waals surface area contributed by atoms with Crippen molar-refractivity contribution in [1.29, 1.82) is 0 Å². The number of thiophene rings is 1. The van der Waals surface area contributed by atoms with Crippen LogP contribution in [0.1, 0.15) is 29.1 Å². The van der Waals surface area contributed by atoms with Gasteiger partial charge in [0.25, 0.3) is 0 Å². The van der Waals surface area contributed by atoms with E-state index in [9.17, 15) is 4.79 Å². The van der Waals surface area contributed by atoms with Crippen LogP contribution in [0, 0.1) is 6.92 Å². The van der Waals surface area contributed by atoms with Crippen LogP contribution < -0.4 is 4.74 Å². The van der Waals surface area contributed by atoms with Crippen molar-refractivity contribution in [2.75, 3.05) is 7.11 Å². The van der Waals surface area contributed by atoms with E-state index in [1.54, 1.807) is 13.2 Å². The molecule has 0 aliphatic heterocycles. The Labute approximate surface area is 105 Å². The zero-order chi connectivity index (χ0) is 13.0. The molecule has 17 heavy (non-hydrogen) atoms. The molecule has 0 atom stereocenters. The molecule has 4 heteroatoms. The lowest BCUT2D eigenvalue weighted by Gasteiger charge is -2.04. The lowest BCUT2D eigenvalue weighted by atomic mass is 10.1. The molecule has 0 unspecified atom stereocenters. The molecule has 0 aliphatic carbocycles. The molecule has 3 nitrogen and oxygen atoms in total. The largest absolute Gasteiger partial charge is 0.495 e. The summed E-state index contributed by atoms with van der Waals surface area (Å²) in [5, 5.41) is 9.80. The van der Waals surface area contributed by atoms with Crippen molar-refractivity contribution in [1.82, 2.24) is 0 Å². The van der Waals surface area contributed by atoms with Crippen molar-refractivity contribution in [3.63, 3.8) is 0 Å². The van der Waals surface area contributed by atoms with E-state index in [0.717, 1.165) is 21.4 Å². The van der Waals surface area contributed by atoms with Gasteiger partial charge in [-0.1, -0.05) is 26.0 Å². The molecular weight excluding hydrogens is 236 g/mol. The molecule has 0 spiro atoms. The number of ether oxygens (including phenoxy) is 1. The Morgan fingerprint density at radius 1 is 1.35 bits per heavy atom. The maximum Gasteiger partial charge on any atom is 0.345 e. The number of carboxylic acids is 1. The molecule has 1 heterocycles. The summed E-state index contributed by atoms with van der Waals surface area (Å²) in [5.74, 6) is -0.124. The first-order valence-electron chi connectivity index (χ1n) is 5.44. The fraction of sp³-hybridized carbons (Fsp3) is 0.308. The number of carboxylic acid groups (broad SMARTS) is 1. The zero-order valence-electron chi connectivity index (χ0n) is 10.4. The maximum atomic E-state index is 10.8. The van der Waals surface area contributed by atoms with E-state index in [0.29, 0.717) is 4.88 Å². The van der Waals surface area contributed by atoms with Crippen LogP contribution in [0.2, 0.25) is 0 Å². The highest BCUT2D eigenvalue weighted by atomic mass is 32.1. The van der Waals surface area contributed by atoms with E-state index in [1.165, 1.54) is 11.3 Å². The van der Waals surface area contributed by atoms with E-state index in [2.05, 4.69) is 0 Å². The molecule has 92 valence electrons. The van der Waals surface area contributed by atoms with E-state index in [1.807, 2.05) is 32.9 Å². The van der Waals surface area contributed by atoms with Crippen LogP contribution in [-0.2, 0) is 0 Å². The minimum Gasteiger partial charge on any atom is -0.495 e. The predicted octanol–water partition coefficient (Wildman–Crippen LogP) is 3.94. The summed E-state index contributed by atoms with van der Waals surface area (Å²) in [6, 6.07) is 5.51. The van der Waals surface area contributed by atoms with E-state index >= 15 is 0 Å². The fourth-order valence-corrected chi connectivity index (χ4v) is 2.61. The summed E-state index contributed by atoms with van der Waals surface area (Å²) in [7, 11) is 1.60. The molecule has 0 saturated carbocycles. The highest BCUT2D eigenvalue weighted by Crippen LogP contribution is 2.35. The molecule has 0 saturated heterocycles. The van der Waals surface area contributed by atoms with Gasteiger partial charge in [-0.15, -0.1) is 11.3 Å². The number of aryl methyl sites for hydroxylation is 1. The summed E-state index contributed by atoms with van der Waals surface area (Å²) in [5.41, 5.74) is 1.02. The van der Waals surface area contributed by atoms with Gasteiger partial charge >= 0.3 is 5.97 Å². The highest BCUT2D eigenvalue weighted by Gasteiger charge is 2.12. The Morgan fingerprint density at radius 3 is 2.53 bits per heavy atom. The summed E-state index contributed by atoms with van der Waals surface area (Å²) in [4.78, 5) is 11.2. The molecule has 2 aromatic rings. The second-order valence-electron chi connectivity index (χ2n) is 3.25. The number of fused-ring (bicyclic) bond motifs is 1. The van der Waals surface area contributed by atoms with E-state index in [-0.39, 0.29) is 0 Å².